The van der Waals surface area contributed by atoms with Gasteiger partial charge in [-0.25, -0.2) is 111 Å². The molecule has 3 heteroatoms. The number of hydrogen-bond acceptors (Lipinski definition) is 0. The van der Waals surface area contributed by atoms with Gasteiger partial charge in [-0.1, -0.05) is 19.3 Å². The molecule has 2 atom stereocenters. The summed E-state index contributed by atoms with van der Waals surface area (Å²) in [7, 11) is 0. The summed E-state index contributed by atoms with van der Waals surface area (Å²) in [5.74, 6) is 0.490. The van der Waals surface area contributed by atoms with E-state index in [0.29, 0.717) is 0 Å². The normalized spacial score (nSPS) is 15.9. The van der Waals surface area contributed by atoms with E-state index in [1.54, 1.807) is 0 Å². The first-order valence-electron chi connectivity index (χ1n) is 23.8. The van der Waals surface area contributed by atoms with E-state index in [2.05, 4.69) is 231 Å². The average Bonchev–Trinajstić information content (AvgIpc) is 4.26. The maximum absolute atomic E-state index is 3.54. The molecule has 0 aromatic heterocycles. The van der Waals surface area contributed by atoms with Crippen LogP contribution in [-0.2, 0) is 80.5 Å². The van der Waals surface area contributed by atoms with Crippen molar-refractivity contribution in [2.75, 3.05) is 0 Å². The molecular formula is C70H52Pd3-12. The maximum atomic E-state index is 3.54. The molecule has 0 N–H and O–H groups in total. The van der Waals surface area contributed by atoms with Crippen LogP contribution in [-0.4, -0.2) is 0 Å². The third-order valence-electron chi connectivity index (χ3n) is 12.4. The Bertz CT molecular complexity index is 3130. The third-order valence-corrected chi connectivity index (χ3v) is 12.4. The van der Waals surface area contributed by atoms with E-state index >= 15 is 0 Å². The predicted octanol–water partition coefficient (Wildman–Crippen LogP) is 16.1. The summed E-state index contributed by atoms with van der Waals surface area (Å²) in [5.41, 5.74) is 19.0. The van der Waals surface area contributed by atoms with Crippen LogP contribution in [0.1, 0.15) is 99.7 Å². The van der Waals surface area contributed by atoms with Gasteiger partial charge in [-0.05, 0) is 19.3 Å². The molecule has 2 unspecified atom stereocenters. The molecule has 5 aliphatic rings. The minimum Gasteiger partial charge on any atom is -0.267 e. The van der Waals surface area contributed by atoms with Crippen molar-refractivity contribution < 1.29 is 61.3 Å². The fourth-order valence-corrected chi connectivity index (χ4v) is 8.89. The fourth-order valence-electron chi connectivity index (χ4n) is 8.89. The fraction of sp³-hybridized carbons (Fsp3) is 0.129. The smallest absolute Gasteiger partial charge is 0 e. The first kappa shape index (κ1) is 56.4. The molecule has 0 nitrogen and oxygen atoms in total. The largest absolute Gasteiger partial charge is 0.267 e. The Hall–Kier alpha value is -5.94. The number of benzene rings is 6. The zero-order chi connectivity index (χ0) is 46.5. The molecule has 0 spiro atoms. The van der Waals surface area contributed by atoms with Crippen LogP contribution >= 0.6 is 0 Å². The monoisotopic (exact) mass is 1210 g/mol. The Morgan fingerprint density at radius 3 is 1.08 bits per heavy atom. The first-order valence-corrected chi connectivity index (χ1v) is 23.8. The van der Waals surface area contributed by atoms with Crippen molar-refractivity contribution in [3.63, 3.8) is 0 Å². The molecule has 5 aliphatic carbocycles. The molecule has 7 aromatic carbocycles. The SMILES string of the molecule is C.[C-]1=C(c2[c-]c(Cc3[c-]c(C4=[C-]C=CC4)ccc3)ccc2)CC=C1.[C-]1=CC=CC1c1[c-]c(Cc2[c-]c(-c3ccc[cH-]3)ccc2)ccc1.[C-]1=CC=CC1c1[c-]c(Cc2[c-]c(C3=[C-]C=CC3)ccc2)ccc1.[Pd].[Pd].[Pd]. The van der Waals surface area contributed by atoms with Crippen LogP contribution in [0.4, 0.5) is 0 Å². The molecule has 0 heterocycles. The summed E-state index contributed by atoms with van der Waals surface area (Å²) in [5, 5.41) is 0. The zero-order valence-corrected chi connectivity index (χ0v) is 44.1. The van der Waals surface area contributed by atoms with Crippen LogP contribution in [0.15, 0.2) is 206 Å². The van der Waals surface area contributed by atoms with Gasteiger partial charge < -0.3 is 0 Å². The minimum absolute atomic E-state index is 0. The number of allylic oxidation sites excluding steroid dienone is 20. The van der Waals surface area contributed by atoms with Gasteiger partial charge in [0.05, 0.1) is 0 Å². The van der Waals surface area contributed by atoms with Gasteiger partial charge in [0.15, 0.2) is 0 Å². The minimum atomic E-state index is 0. The van der Waals surface area contributed by atoms with Gasteiger partial charge in [-0.3, -0.25) is 12.2 Å². The van der Waals surface area contributed by atoms with E-state index < -0.39 is 0 Å². The van der Waals surface area contributed by atoms with Crippen LogP contribution in [0, 0.1) is 66.8 Å². The molecule has 7 aromatic rings. The Balaban J connectivity index is 0.000000174. The summed E-state index contributed by atoms with van der Waals surface area (Å²) < 4.78 is 0. The van der Waals surface area contributed by atoms with Gasteiger partial charge in [0, 0.05) is 61.3 Å². The van der Waals surface area contributed by atoms with Crippen molar-refractivity contribution >= 4 is 16.7 Å². The molecular weight excluding hydrogens is 1160 g/mol. The molecule has 0 saturated carbocycles. The quantitative estimate of drug-likeness (QED) is 0.0845. The molecule has 73 heavy (non-hydrogen) atoms. The van der Waals surface area contributed by atoms with Crippen LogP contribution in [0.2, 0.25) is 0 Å². The van der Waals surface area contributed by atoms with Crippen molar-refractivity contribution in [1.29, 1.82) is 0 Å². The summed E-state index contributed by atoms with van der Waals surface area (Å²) in [6, 6.07) is 67.7. The second-order valence-electron chi connectivity index (χ2n) is 17.4. The third kappa shape index (κ3) is 15.5. The maximum Gasteiger partial charge on any atom is 0 e. The molecule has 0 saturated heterocycles. The number of rotatable bonds is 12. The Kier molecular flexibility index (Phi) is 22.0. The Labute approximate surface area is 477 Å². The van der Waals surface area contributed by atoms with Gasteiger partial charge in [-0.2, -0.15) is 192 Å². The molecule has 12 rings (SSSR count). The van der Waals surface area contributed by atoms with Gasteiger partial charge in [0.2, 0.25) is 0 Å². The van der Waals surface area contributed by atoms with Crippen LogP contribution < -0.4 is 0 Å². The average molecular weight is 1210 g/mol. The van der Waals surface area contributed by atoms with E-state index in [9.17, 15) is 0 Å². The van der Waals surface area contributed by atoms with Crippen molar-refractivity contribution in [1.82, 2.24) is 0 Å². The standard InChI is InChI=1S/3C23H16.CH4.3Pd/c3*1-2-10-20(9-1)22-13-5-7-18(16-22)15-19-8-6-14-23(17-19)21-11-3-4-12-21;;;;/h1-8,13-14H,9,11,15H2;1-9,13-14,20H,11,15H2;1-11,13-14,21H,15H2;1H4;;;/q3*-4;;;;. The van der Waals surface area contributed by atoms with Gasteiger partial charge in [0.25, 0.3) is 0 Å². The molecule has 0 bridgehead atoms. The van der Waals surface area contributed by atoms with Crippen molar-refractivity contribution in [3.05, 3.63) is 334 Å². The Morgan fingerprint density at radius 2 is 0.753 bits per heavy atom. The summed E-state index contributed by atoms with van der Waals surface area (Å²) in [6.45, 7) is 0. The van der Waals surface area contributed by atoms with Gasteiger partial charge in [-0.15, -0.1) is 65.8 Å². The Morgan fingerprint density at radius 1 is 0.397 bits per heavy atom. The molecule has 0 amide bonds. The topological polar surface area (TPSA) is 0 Å². The summed E-state index contributed by atoms with van der Waals surface area (Å²) in [6.07, 6.45) is 46.6. The van der Waals surface area contributed by atoms with Crippen molar-refractivity contribution in [2.24, 2.45) is 0 Å². The van der Waals surface area contributed by atoms with E-state index in [1.807, 2.05) is 42.5 Å². The van der Waals surface area contributed by atoms with E-state index in [4.69, 9.17) is 0 Å². The van der Waals surface area contributed by atoms with Gasteiger partial charge in [0.1, 0.15) is 0 Å². The number of hydrogen-bond donors (Lipinski definition) is 0. The molecule has 0 aliphatic heterocycles. The van der Waals surface area contributed by atoms with Crippen LogP contribution in [0.3, 0.4) is 0 Å². The van der Waals surface area contributed by atoms with E-state index in [0.717, 1.165) is 60.8 Å². The molecule has 374 valence electrons. The van der Waals surface area contributed by atoms with E-state index in [-0.39, 0.29) is 80.5 Å². The second kappa shape index (κ2) is 28.5. The van der Waals surface area contributed by atoms with Crippen LogP contribution in [0.5, 0.6) is 0 Å². The van der Waals surface area contributed by atoms with Crippen molar-refractivity contribution in [3.8, 4) is 11.1 Å². The predicted molar refractivity (Wildman–Crippen MR) is 288 cm³/mol. The van der Waals surface area contributed by atoms with Crippen LogP contribution in [0.25, 0.3) is 27.8 Å². The molecule has 0 radical (unpaired) electrons. The second-order valence-corrected chi connectivity index (χ2v) is 17.4. The zero-order valence-electron chi connectivity index (χ0n) is 39.5. The van der Waals surface area contributed by atoms with E-state index in [1.165, 1.54) is 66.8 Å². The molecule has 0 fully saturated rings. The summed E-state index contributed by atoms with van der Waals surface area (Å²) in [4.78, 5) is 0. The van der Waals surface area contributed by atoms with Gasteiger partial charge >= 0.3 is 0 Å². The first-order chi connectivity index (χ1) is 34.1. The summed E-state index contributed by atoms with van der Waals surface area (Å²) >= 11 is 0. The van der Waals surface area contributed by atoms with Crippen molar-refractivity contribution in [2.45, 2.75) is 57.8 Å².